The summed E-state index contributed by atoms with van der Waals surface area (Å²) in [7, 11) is -2.97. The second kappa shape index (κ2) is 7.84. The summed E-state index contributed by atoms with van der Waals surface area (Å²) in [4.78, 5) is 17.1. The molecule has 0 aromatic heterocycles. The molecular formula is C21H23N3O3S2. The van der Waals surface area contributed by atoms with E-state index in [1.807, 2.05) is 36.4 Å². The van der Waals surface area contributed by atoms with Gasteiger partial charge in [0.1, 0.15) is 0 Å². The fraction of sp³-hybridized carbons (Fsp3) is 0.333. The van der Waals surface area contributed by atoms with Gasteiger partial charge in [0.05, 0.1) is 17.5 Å². The van der Waals surface area contributed by atoms with Crippen LogP contribution in [0.5, 0.6) is 0 Å². The number of nitrogens with one attached hydrogen (secondary N) is 2. The van der Waals surface area contributed by atoms with E-state index in [2.05, 4.69) is 29.5 Å². The highest BCUT2D eigenvalue weighted by Crippen LogP contribution is 2.34. The Hall–Kier alpha value is -2.32. The molecule has 1 amide bonds. The van der Waals surface area contributed by atoms with Crippen LogP contribution in [0.2, 0.25) is 0 Å². The molecule has 2 aromatic rings. The van der Waals surface area contributed by atoms with Gasteiger partial charge in [-0.2, -0.15) is 0 Å². The molecule has 2 aliphatic rings. The third-order valence-electron chi connectivity index (χ3n) is 5.03. The Kier molecular flexibility index (Phi) is 5.40. The van der Waals surface area contributed by atoms with Gasteiger partial charge in [-0.15, -0.1) is 0 Å². The largest absolute Gasteiger partial charge is 0.335 e. The molecule has 29 heavy (non-hydrogen) atoms. The zero-order chi connectivity index (χ0) is 20.6. The SMILES string of the molecule is CC(C)c1ccc(NC(=O)c2cccc(NC3=N[C@H]4CS(=O)(=O)C[C@H]4S3)c2)cc1. The van der Waals surface area contributed by atoms with Crippen LogP contribution >= 0.6 is 11.8 Å². The summed E-state index contributed by atoms with van der Waals surface area (Å²) >= 11 is 1.46. The number of rotatable bonds is 4. The lowest BCUT2D eigenvalue weighted by atomic mass is 10.0. The standard InChI is InChI=1S/C21H23N3O3S2/c1-13(2)14-6-8-16(9-7-14)22-20(25)15-4-3-5-17(10-15)23-21-24-18-11-29(26,27)12-19(18)28-21/h3-10,13,18-19H,11-12H2,1-2H3,(H,22,25)(H,23,24)/t18-,19+/m0/s1. The van der Waals surface area contributed by atoms with Crippen molar-refractivity contribution in [1.82, 2.24) is 0 Å². The number of sulfone groups is 1. The number of carbonyl (C=O) groups is 1. The molecule has 2 atom stereocenters. The first kappa shape index (κ1) is 20.0. The van der Waals surface area contributed by atoms with E-state index in [9.17, 15) is 13.2 Å². The van der Waals surface area contributed by atoms with E-state index in [1.54, 1.807) is 12.1 Å². The number of nitrogens with zero attached hydrogens (tertiary/aromatic N) is 1. The van der Waals surface area contributed by atoms with Crippen molar-refractivity contribution in [3.63, 3.8) is 0 Å². The topological polar surface area (TPSA) is 87.6 Å². The molecule has 8 heteroatoms. The zero-order valence-corrected chi connectivity index (χ0v) is 17.9. The van der Waals surface area contributed by atoms with Crippen LogP contribution in [0.4, 0.5) is 11.4 Å². The third kappa shape index (κ3) is 4.64. The molecular weight excluding hydrogens is 406 g/mol. The Morgan fingerprint density at radius 3 is 2.55 bits per heavy atom. The average molecular weight is 430 g/mol. The number of benzene rings is 2. The van der Waals surface area contributed by atoms with Crippen LogP contribution in [0.15, 0.2) is 53.5 Å². The summed E-state index contributed by atoms with van der Waals surface area (Å²) in [6.45, 7) is 4.26. The third-order valence-corrected chi connectivity index (χ3v) is 8.17. The Balaban J connectivity index is 1.41. The highest BCUT2D eigenvalue weighted by Gasteiger charge is 2.42. The van der Waals surface area contributed by atoms with Crippen molar-refractivity contribution in [2.24, 2.45) is 4.99 Å². The van der Waals surface area contributed by atoms with Gasteiger partial charge in [0, 0.05) is 22.2 Å². The smallest absolute Gasteiger partial charge is 0.255 e. The lowest BCUT2D eigenvalue weighted by molar-refractivity contribution is 0.102. The van der Waals surface area contributed by atoms with Gasteiger partial charge in [-0.3, -0.25) is 9.79 Å². The summed E-state index contributed by atoms with van der Waals surface area (Å²) in [5.74, 6) is 0.552. The van der Waals surface area contributed by atoms with Crippen LogP contribution in [-0.4, -0.2) is 42.3 Å². The van der Waals surface area contributed by atoms with Gasteiger partial charge in [-0.25, -0.2) is 8.42 Å². The first-order valence-corrected chi connectivity index (χ1v) is 12.2. The molecule has 4 rings (SSSR count). The predicted octanol–water partition coefficient (Wildman–Crippen LogP) is 3.74. The number of hydrogen-bond acceptors (Lipinski definition) is 6. The molecule has 2 heterocycles. The lowest BCUT2D eigenvalue weighted by Gasteiger charge is -2.10. The van der Waals surface area contributed by atoms with Gasteiger partial charge in [0.2, 0.25) is 0 Å². The highest BCUT2D eigenvalue weighted by atomic mass is 32.2. The number of carbonyl (C=O) groups excluding carboxylic acids is 1. The number of amides is 1. The van der Waals surface area contributed by atoms with Crippen LogP contribution < -0.4 is 10.6 Å². The van der Waals surface area contributed by atoms with Gasteiger partial charge < -0.3 is 10.6 Å². The molecule has 1 saturated heterocycles. The Labute approximate surface area is 175 Å². The summed E-state index contributed by atoms with van der Waals surface area (Å²) < 4.78 is 23.4. The van der Waals surface area contributed by atoms with Crippen molar-refractivity contribution < 1.29 is 13.2 Å². The maximum absolute atomic E-state index is 12.6. The number of hydrogen-bond donors (Lipinski definition) is 2. The molecule has 0 spiro atoms. The zero-order valence-electron chi connectivity index (χ0n) is 16.3. The first-order chi connectivity index (χ1) is 13.8. The molecule has 2 N–H and O–H groups in total. The minimum Gasteiger partial charge on any atom is -0.335 e. The number of fused-ring (bicyclic) bond motifs is 1. The van der Waals surface area contributed by atoms with Gasteiger partial charge in [-0.1, -0.05) is 43.8 Å². The van der Waals surface area contributed by atoms with E-state index in [4.69, 9.17) is 0 Å². The van der Waals surface area contributed by atoms with E-state index >= 15 is 0 Å². The fourth-order valence-electron chi connectivity index (χ4n) is 3.43. The summed E-state index contributed by atoms with van der Waals surface area (Å²) in [5.41, 5.74) is 3.26. The molecule has 2 aliphatic heterocycles. The monoisotopic (exact) mass is 429 g/mol. The maximum Gasteiger partial charge on any atom is 0.255 e. The molecule has 0 aliphatic carbocycles. The van der Waals surface area contributed by atoms with E-state index in [0.717, 1.165) is 11.4 Å². The summed E-state index contributed by atoms with van der Waals surface area (Å²) in [5, 5.41) is 6.83. The van der Waals surface area contributed by atoms with Crippen molar-refractivity contribution in [2.45, 2.75) is 31.1 Å². The van der Waals surface area contributed by atoms with Crippen LogP contribution in [0, 0.1) is 0 Å². The molecule has 2 aromatic carbocycles. The Bertz CT molecular complexity index is 1060. The minimum absolute atomic E-state index is 0.0113. The molecule has 0 radical (unpaired) electrons. The van der Waals surface area contributed by atoms with Crippen LogP contribution in [0.25, 0.3) is 0 Å². The second-order valence-electron chi connectivity index (χ2n) is 7.67. The van der Waals surface area contributed by atoms with Gasteiger partial charge in [0.25, 0.3) is 5.91 Å². The van der Waals surface area contributed by atoms with Gasteiger partial charge in [0.15, 0.2) is 15.0 Å². The van der Waals surface area contributed by atoms with Crippen molar-refractivity contribution in [3.8, 4) is 0 Å². The molecule has 1 fully saturated rings. The molecule has 6 nitrogen and oxygen atoms in total. The molecule has 0 unspecified atom stereocenters. The van der Waals surface area contributed by atoms with Crippen molar-refractivity contribution in [3.05, 3.63) is 59.7 Å². The van der Waals surface area contributed by atoms with E-state index in [-0.39, 0.29) is 28.7 Å². The molecule has 152 valence electrons. The first-order valence-electron chi connectivity index (χ1n) is 9.52. The summed E-state index contributed by atoms with van der Waals surface area (Å²) in [6, 6.07) is 14.9. The number of amidine groups is 1. The Morgan fingerprint density at radius 1 is 1.10 bits per heavy atom. The average Bonchev–Trinajstić information content (AvgIpc) is 3.14. The normalized spacial score (nSPS) is 22.2. The van der Waals surface area contributed by atoms with Crippen molar-refractivity contribution in [2.75, 3.05) is 22.1 Å². The van der Waals surface area contributed by atoms with Gasteiger partial charge in [-0.05, 0) is 41.8 Å². The quantitative estimate of drug-likeness (QED) is 0.773. The second-order valence-corrected chi connectivity index (χ2v) is 11.1. The molecule has 0 bridgehead atoms. The van der Waals surface area contributed by atoms with Crippen LogP contribution in [0.3, 0.4) is 0 Å². The fourth-order valence-corrected chi connectivity index (χ4v) is 7.11. The van der Waals surface area contributed by atoms with Crippen LogP contribution in [0.1, 0.15) is 35.7 Å². The van der Waals surface area contributed by atoms with E-state index < -0.39 is 9.84 Å². The number of aliphatic imine (C=N–C) groups is 1. The maximum atomic E-state index is 12.6. The minimum atomic E-state index is -2.97. The molecule has 0 saturated carbocycles. The van der Waals surface area contributed by atoms with Crippen LogP contribution in [-0.2, 0) is 9.84 Å². The predicted molar refractivity (Wildman–Crippen MR) is 120 cm³/mol. The van der Waals surface area contributed by atoms with E-state index in [1.165, 1.54) is 17.3 Å². The van der Waals surface area contributed by atoms with Crippen molar-refractivity contribution >= 4 is 44.0 Å². The lowest BCUT2D eigenvalue weighted by Crippen LogP contribution is -2.14. The Morgan fingerprint density at radius 2 is 1.86 bits per heavy atom. The summed E-state index contributed by atoms with van der Waals surface area (Å²) in [6.07, 6.45) is 0. The number of thioether (sulfide) groups is 1. The highest BCUT2D eigenvalue weighted by molar-refractivity contribution is 8.15. The number of anilines is 2. The van der Waals surface area contributed by atoms with E-state index in [0.29, 0.717) is 16.6 Å². The van der Waals surface area contributed by atoms with Gasteiger partial charge >= 0.3 is 0 Å². The van der Waals surface area contributed by atoms with Crippen molar-refractivity contribution in [1.29, 1.82) is 0 Å².